The minimum atomic E-state index is -3.02. The van der Waals surface area contributed by atoms with Crippen LogP contribution in [0.3, 0.4) is 0 Å². The van der Waals surface area contributed by atoms with Gasteiger partial charge < -0.3 is 18.9 Å². The lowest BCUT2D eigenvalue weighted by molar-refractivity contribution is -0.129. The highest BCUT2D eigenvalue weighted by molar-refractivity contribution is 6.13. The van der Waals surface area contributed by atoms with Gasteiger partial charge in [-0.05, 0) is 42.0 Å². The SMILES string of the molecule is COc1cc(C2=N/C(=C\c3ccc(OC(F)F)cc3)C(=O)O2)ccc1OC(F)F. The van der Waals surface area contributed by atoms with E-state index in [9.17, 15) is 22.4 Å². The van der Waals surface area contributed by atoms with Crippen molar-refractivity contribution in [2.45, 2.75) is 13.2 Å². The number of hydrogen-bond acceptors (Lipinski definition) is 6. The molecule has 2 aromatic carbocycles. The number of alkyl halides is 4. The van der Waals surface area contributed by atoms with Gasteiger partial charge in [0.1, 0.15) is 5.75 Å². The molecule has 0 aromatic heterocycles. The Labute approximate surface area is 162 Å². The molecule has 0 unspecified atom stereocenters. The lowest BCUT2D eigenvalue weighted by Crippen LogP contribution is -2.07. The maximum absolute atomic E-state index is 12.4. The zero-order valence-corrected chi connectivity index (χ0v) is 14.8. The van der Waals surface area contributed by atoms with Crippen LogP contribution in [0.15, 0.2) is 53.2 Å². The largest absolute Gasteiger partial charge is 0.493 e. The molecule has 152 valence electrons. The van der Waals surface area contributed by atoms with E-state index in [1.807, 2.05) is 0 Å². The topological polar surface area (TPSA) is 66.4 Å². The smallest absolute Gasteiger partial charge is 0.387 e. The third-order valence-electron chi connectivity index (χ3n) is 3.66. The summed E-state index contributed by atoms with van der Waals surface area (Å²) in [5.74, 6) is -0.995. The van der Waals surface area contributed by atoms with Crippen LogP contribution >= 0.6 is 0 Å². The van der Waals surface area contributed by atoms with Gasteiger partial charge in [-0.3, -0.25) is 0 Å². The van der Waals surface area contributed by atoms with Gasteiger partial charge >= 0.3 is 19.2 Å². The van der Waals surface area contributed by atoms with Crippen molar-refractivity contribution in [1.82, 2.24) is 0 Å². The van der Waals surface area contributed by atoms with E-state index in [2.05, 4.69) is 14.5 Å². The first-order chi connectivity index (χ1) is 13.9. The Kier molecular flexibility index (Phi) is 6.01. The van der Waals surface area contributed by atoms with Crippen LogP contribution in [0.1, 0.15) is 11.1 Å². The lowest BCUT2D eigenvalue weighted by Gasteiger charge is -2.10. The fourth-order valence-electron chi connectivity index (χ4n) is 2.43. The molecular weight excluding hydrogens is 398 g/mol. The molecule has 3 rings (SSSR count). The second-order valence-corrected chi connectivity index (χ2v) is 5.53. The van der Waals surface area contributed by atoms with Crippen molar-refractivity contribution in [3.05, 3.63) is 59.3 Å². The molecule has 0 fully saturated rings. The second kappa shape index (κ2) is 8.63. The molecule has 0 saturated heterocycles. The highest BCUT2D eigenvalue weighted by atomic mass is 19.3. The zero-order chi connectivity index (χ0) is 21.0. The van der Waals surface area contributed by atoms with E-state index < -0.39 is 19.2 Å². The predicted molar refractivity (Wildman–Crippen MR) is 93.3 cm³/mol. The number of hydrogen-bond donors (Lipinski definition) is 0. The standard InChI is InChI=1S/C19H13F4NO5/c1-26-15-9-11(4-7-14(15)28-19(22)23)16-24-13(17(25)29-16)8-10-2-5-12(6-3-10)27-18(20)21/h2-9,18-19H,1H3/b13-8-. The number of halogens is 4. The highest BCUT2D eigenvalue weighted by Gasteiger charge is 2.25. The predicted octanol–water partition coefficient (Wildman–Crippen LogP) is 4.24. The minimum absolute atomic E-state index is 0.00796. The number of carbonyl (C=O) groups excluding carboxylic acids is 1. The van der Waals surface area contributed by atoms with Crippen molar-refractivity contribution in [3.63, 3.8) is 0 Å². The molecule has 0 atom stereocenters. The molecule has 0 saturated carbocycles. The number of carbonyl (C=O) groups is 1. The Morgan fingerprint density at radius 2 is 1.66 bits per heavy atom. The van der Waals surface area contributed by atoms with Gasteiger partial charge in [0.25, 0.3) is 0 Å². The van der Waals surface area contributed by atoms with Gasteiger partial charge in [0.05, 0.1) is 7.11 Å². The molecule has 0 N–H and O–H groups in total. The van der Waals surface area contributed by atoms with E-state index in [1.54, 1.807) is 0 Å². The Morgan fingerprint density at radius 3 is 2.28 bits per heavy atom. The van der Waals surface area contributed by atoms with E-state index in [4.69, 9.17) is 9.47 Å². The van der Waals surface area contributed by atoms with Crippen molar-refractivity contribution in [1.29, 1.82) is 0 Å². The second-order valence-electron chi connectivity index (χ2n) is 5.53. The molecule has 0 aliphatic carbocycles. The molecule has 29 heavy (non-hydrogen) atoms. The van der Waals surface area contributed by atoms with Crippen molar-refractivity contribution in [2.24, 2.45) is 4.99 Å². The summed E-state index contributed by atoms with van der Waals surface area (Å²) in [6.07, 6.45) is 1.40. The van der Waals surface area contributed by atoms with Crippen LogP contribution in [-0.2, 0) is 9.53 Å². The van der Waals surface area contributed by atoms with Crippen molar-refractivity contribution in [2.75, 3.05) is 7.11 Å². The first-order valence-electron chi connectivity index (χ1n) is 8.06. The summed E-state index contributed by atoms with van der Waals surface area (Å²) in [4.78, 5) is 16.1. The van der Waals surface area contributed by atoms with E-state index in [-0.39, 0.29) is 28.8 Å². The summed E-state index contributed by atoms with van der Waals surface area (Å²) in [5, 5.41) is 0. The molecule has 1 aliphatic rings. The number of aliphatic imine (C=N–C) groups is 1. The zero-order valence-electron chi connectivity index (χ0n) is 14.8. The summed E-state index contributed by atoms with van der Waals surface area (Å²) >= 11 is 0. The van der Waals surface area contributed by atoms with Crippen LogP contribution in [0.4, 0.5) is 17.6 Å². The van der Waals surface area contributed by atoms with Crippen LogP contribution < -0.4 is 14.2 Å². The number of ether oxygens (including phenoxy) is 4. The van der Waals surface area contributed by atoms with Crippen LogP contribution in [0.5, 0.6) is 17.2 Å². The monoisotopic (exact) mass is 411 g/mol. The Hall–Kier alpha value is -3.56. The van der Waals surface area contributed by atoms with Gasteiger partial charge in [0, 0.05) is 5.56 Å². The van der Waals surface area contributed by atoms with Gasteiger partial charge in [0.15, 0.2) is 17.2 Å². The Balaban J connectivity index is 1.83. The fraction of sp³-hybridized carbons (Fsp3) is 0.158. The van der Waals surface area contributed by atoms with Crippen molar-refractivity contribution >= 4 is 17.9 Å². The average molecular weight is 411 g/mol. The molecule has 1 heterocycles. The maximum Gasteiger partial charge on any atom is 0.387 e. The van der Waals surface area contributed by atoms with Crippen LogP contribution in [0, 0.1) is 0 Å². The van der Waals surface area contributed by atoms with Crippen LogP contribution in [-0.4, -0.2) is 32.2 Å². The summed E-state index contributed by atoms with van der Waals surface area (Å²) in [5.41, 5.74) is 0.775. The number of rotatable bonds is 7. The van der Waals surface area contributed by atoms with Gasteiger partial charge in [0.2, 0.25) is 5.90 Å². The molecule has 0 amide bonds. The van der Waals surface area contributed by atoms with E-state index >= 15 is 0 Å². The molecule has 0 bridgehead atoms. The van der Waals surface area contributed by atoms with Crippen molar-refractivity contribution in [3.8, 4) is 17.2 Å². The van der Waals surface area contributed by atoms with Crippen LogP contribution in [0.25, 0.3) is 6.08 Å². The summed E-state index contributed by atoms with van der Waals surface area (Å²) in [6, 6.07) is 9.51. The number of esters is 1. The van der Waals surface area contributed by atoms with E-state index in [0.29, 0.717) is 11.1 Å². The first kappa shape index (κ1) is 20.2. The number of methoxy groups -OCH3 is 1. The van der Waals surface area contributed by atoms with Gasteiger partial charge in [-0.15, -0.1) is 0 Å². The Morgan fingerprint density at radius 1 is 0.966 bits per heavy atom. The number of cyclic esters (lactones) is 1. The first-order valence-corrected chi connectivity index (χ1v) is 8.06. The lowest BCUT2D eigenvalue weighted by atomic mass is 10.2. The van der Waals surface area contributed by atoms with Gasteiger partial charge in [-0.1, -0.05) is 12.1 Å². The molecule has 10 heteroatoms. The molecule has 0 spiro atoms. The van der Waals surface area contributed by atoms with Gasteiger partial charge in [-0.25, -0.2) is 9.79 Å². The third kappa shape index (κ3) is 5.03. The molecule has 0 radical (unpaired) electrons. The van der Waals surface area contributed by atoms with E-state index in [0.717, 1.165) is 0 Å². The Bertz CT molecular complexity index is 958. The highest BCUT2D eigenvalue weighted by Crippen LogP contribution is 2.31. The van der Waals surface area contributed by atoms with Gasteiger partial charge in [-0.2, -0.15) is 17.6 Å². The molecular formula is C19H13F4NO5. The fourth-order valence-corrected chi connectivity index (χ4v) is 2.43. The van der Waals surface area contributed by atoms with Crippen LogP contribution in [0.2, 0.25) is 0 Å². The van der Waals surface area contributed by atoms with Crippen molar-refractivity contribution < 1.29 is 41.3 Å². The number of benzene rings is 2. The number of nitrogens with zero attached hydrogens (tertiary/aromatic N) is 1. The molecule has 1 aliphatic heterocycles. The maximum atomic E-state index is 12.4. The summed E-state index contributed by atoms with van der Waals surface area (Å²) in [7, 11) is 1.27. The minimum Gasteiger partial charge on any atom is -0.493 e. The van der Waals surface area contributed by atoms with E-state index in [1.165, 1.54) is 55.7 Å². The summed E-state index contributed by atoms with van der Waals surface area (Å²) < 4.78 is 67.9. The third-order valence-corrected chi connectivity index (χ3v) is 3.66. The quantitative estimate of drug-likeness (QED) is 0.387. The average Bonchev–Trinajstić information content (AvgIpc) is 3.03. The molecule has 6 nitrogen and oxygen atoms in total. The summed E-state index contributed by atoms with van der Waals surface area (Å²) in [6.45, 7) is -5.96. The normalized spacial score (nSPS) is 14.9. The molecule has 2 aromatic rings.